The Kier molecular flexibility index (Phi) is 6.49. The number of piperidine rings is 1. The minimum absolute atomic E-state index is 0.0160. The smallest absolute Gasteiger partial charge is 0.252 e. The number of nitrogens with zero attached hydrogens (tertiary/aromatic N) is 2. The zero-order valence-corrected chi connectivity index (χ0v) is 17.6. The van der Waals surface area contributed by atoms with Crippen molar-refractivity contribution in [2.75, 3.05) is 28.6 Å². The summed E-state index contributed by atoms with van der Waals surface area (Å²) in [6.07, 6.45) is 5.07. The molecular formula is C24H25F2N5O. The molecule has 2 heterocycles. The van der Waals surface area contributed by atoms with Crippen LogP contribution in [-0.4, -0.2) is 24.0 Å². The first-order valence-corrected chi connectivity index (χ1v) is 10.6. The van der Waals surface area contributed by atoms with Gasteiger partial charge in [0.1, 0.15) is 5.82 Å². The van der Waals surface area contributed by atoms with E-state index in [1.165, 1.54) is 43.3 Å². The number of hydrogen-bond donors (Lipinski definition) is 3. The first-order valence-electron chi connectivity index (χ1n) is 10.6. The molecule has 4 rings (SSSR count). The Morgan fingerprint density at radius 3 is 2.53 bits per heavy atom. The van der Waals surface area contributed by atoms with Crippen LogP contribution in [0, 0.1) is 11.6 Å². The van der Waals surface area contributed by atoms with Gasteiger partial charge in [0.15, 0.2) is 11.6 Å². The fraction of sp³-hybridized carbons (Fsp3) is 0.250. The Bertz CT molecular complexity index is 1100. The van der Waals surface area contributed by atoms with Crippen LogP contribution >= 0.6 is 0 Å². The van der Waals surface area contributed by atoms with Crippen molar-refractivity contribution >= 4 is 28.8 Å². The lowest BCUT2D eigenvalue weighted by atomic mass is 10.1. The molecule has 0 spiro atoms. The lowest BCUT2D eigenvalue weighted by Crippen LogP contribution is -2.29. The minimum Gasteiger partial charge on any atom is -0.380 e. The van der Waals surface area contributed by atoms with Gasteiger partial charge in [-0.15, -0.1) is 0 Å². The Hall–Kier alpha value is -3.68. The molecule has 1 amide bonds. The Morgan fingerprint density at radius 2 is 1.81 bits per heavy atom. The van der Waals surface area contributed by atoms with Crippen molar-refractivity contribution in [3.05, 3.63) is 77.5 Å². The van der Waals surface area contributed by atoms with Crippen molar-refractivity contribution in [1.29, 1.82) is 0 Å². The van der Waals surface area contributed by atoms with Crippen LogP contribution in [-0.2, 0) is 6.54 Å². The molecule has 1 fully saturated rings. The summed E-state index contributed by atoms with van der Waals surface area (Å²) >= 11 is 0. The summed E-state index contributed by atoms with van der Waals surface area (Å²) in [7, 11) is 0. The molecule has 166 valence electrons. The summed E-state index contributed by atoms with van der Waals surface area (Å²) in [6, 6.07) is 13.7. The summed E-state index contributed by atoms with van der Waals surface area (Å²) in [5.41, 5.74) is 8.15. The lowest BCUT2D eigenvalue weighted by Gasteiger charge is -2.28. The van der Waals surface area contributed by atoms with Gasteiger partial charge in [0.2, 0.25) is 0 Å². The second-order valence-corrected chi connectivity index (χ2v) is 7.77. The quantitative estimate of drug-likeness (QED) is 0.494. The van der Waals surface area contributed by atoms with Gasteiger partial charge in [-0.2, -0.15) is 0 Å². The standard InChI is InChI=1S/C24H25F2N5O/c25-20-6-4-5-16(23(20)26)14-28-21-13-22(29-15-19(21)24(27)32)30-17-7-9-18(10-8-17)31-11-2-1-3-12-31/h4-10,13,15H,1-3,11-12,14H2,(H2,27,32)(H2,28,29,30). The number of carbonyl (C=O) groups excluding carboxylic acids is 1. The van der Waals surface area contributed by atoms with Crippen LogP contribution in [0.1, 0.15) is 35.2 Å². The number of primary amides is 1. The maximum atomic E-state index is 14.0. The third-order valence-electron chi connectivity index (χ3n) is 5.53. The molecule has 6 nitrogen and oxygen atoms in total. The SMILES string of the molecule is NC(=O)c1cnc(Nc2ccc(N3CCCCC3)cc2)cc1NCc1cccc(F)c1F. The molecule has 1 aliphatic heterocycles. The maximum absolute atomic E-state index is 14.0. The number of amides is 1. The normalized spacial score (nSPS) is 13.6. The summed E-state index contributed by atoms with van der Waals surface area (Å²) in [5.74, 6) is -2.04. The Morgan fingerprint density at radius 1 is 1.06 bits per heavy atom. The predicted molar refractivity (Wildman–Crippen MR) is 122 cm³/mol. The number of aromatic nitrogens is 1. The van der Waals surface area contributed by atoms with E-state index in [1.807, 2.05) is 12.1 Å². The number of anilines is 4. The molecule has 4 N–H and O–H groups in total. The van der Waals surface area contributed by atoms with Gasteiger partial charge in [-0.1, -0.05) is 12.1 Å². The number of nitrogens with two attached hydrogens (primary N) is 1. The summed E-state index contributed by atoms with van der Waals surface area (Å²) < 4.78 is 27.4. The number of nitrogens with one attached hydrogen (secondary N) is 2. The van der Waals surface area contributed by atoms with Crippen LogP contribution < -0.4 is 21.3 Å². The fourth-order valence-electron chi connectivity index (χ4n) is 3.80. The molecule has 1 aromatic heterocycles. The van der Waals surface area contributed by atoms with E-state index in [1.54, 1.807) is 6.07 Å². The Balaban J connectivity index is 1.49. The Labute approximate surface area is 185 Å². The fourth-order valence-corrected chi connectivity index (χ4v) is 3.80. The number of rotatable bonds is 7. The van der Waals surface area contributed by atoms with Crippen molar-refractivity contribution in [2.45, 2.75) is 25.8 Å². The largest absolute Gasteiger partial charge is 0.380 e. The van der Waals surface area contributed by atoms with E-state index in [4.69, 9.17) is 5.73 Å². The topological polar surface area (TPSA) is 83.3 Å². The lowest BCUT2D eigenvalue weighted by molar-refractivity contribution is 0.100. The molecule has 3 aromatic rings. The molecule has 2 aromatic carbocycles. The molecule has 0 aliphatic carbocycles. The van der Waals surface area contributed by atoms with E-state index in [9.17, 15) is 13.6 Å². The van der Waals surface area contributed by atoms with Crippen molar-refractivity contribution in [3.8, 4) is 0 Å². The summed E-state index contributed by atoms with van der Waals surface area (Å²) in [6.45, 7) is 2.13. The molecule has 0 saturated carbocycles. The molecule has 1 saturated heterocycles. The highest BCUT2D eigenvalue weighted by molar-refractivity contribution is 5.98. The zero-order valence-electron chi connectivity index (χ0n) is 17.6. The van der Waals surface area contributed by atoms with Crippen LogP contribution in [0.25, 0.3) is 0 Å². The highest BCUT2D eigenvalue weighted by Crippen LogP contribution is 2.25. The molecule has 32 heavy (non-hydrogen) atoms. The third kappa shape index (κ3) is 4.96. The van der Waals surface area contributed by atoms with Crippen LogP contribution in [0.3, 0.4) is 0 Å². The summed E-state index contributed by atoms with van der Waals surface area (Å²) in [4.78, 5) is 18.4. The second-order valence-electron chi connectivity index (χ2n) is 7.77. The average molecular weight is 437 g/mol. The van der Waals surface area contributed by atoms with Gasteiger partial charge in [-0.25, -0.2) is 13.8 Å². The van der Waals surface area contributed by atoms with E-state index < -0.39 is 17.5 Å². The monoisotopic (exact) mass is 437 g/mol. The number of hydrogen-bond acceptors (Lipinski definition) is 5. The van der Waals surface area contributed by atoms with E-state index in [0.717, 1.165) is 24.8 Å². The van der Waals surface area contributed by atoms with Crippen LogP contribution in [0.4, 0.5) is 31.7 Å². The minimum atomic E-state index is -0.929. The van der Waals surface area contributed by atoms with Crippen molar-refractivity contribution < 1.29 is 13.6 Å². The van der Waals surface area contributed by atoms with Gasteiger partial charge < -0.3 is 21.3 Å². The van der Waals surface area contributed by atoms with E-state index in [0.29, 0.717) is 11.5 Å². The third-order valence-corrected chi connectivity index (χ3v) is 5.53. The van der Waals surface area contributed by atoms with Crippen molar-refractivity contribution in [1.82, 2.24) is 4.98 Å². The van der Waals surface area contributed by atoms with E-state index in [2.05, 4.69) is 32.7 Å². The van der Waals surface area contributed by atoms with Crippen molar-refractivity contribution in [2.24, 2.45) is 5.73 Å². The highest BCUT2D eigenvalue weighted by atomic mass is 19.2. The first kappa shape index (κ1) is 21.5. The highest BCUT2D eigenvalue weighted by Gasteiger charge is 2.14. The molecule has 0 unspecified atom stereocenters. The number of halogens is 2. The van der Waals surface area contributed by atoms with Gasteiger partial charge >= 0.3 is 0 Å². The van der Waals surface area contributed by atoms with Gasteiger partial charge in [0.05, 0.1) is 11.3 Å². The summed E-state index contributed by atoms with van der Waals surface area (Å²) in [5, 5.41) is 6.17. The van der Waals surface area contributed by atoms with Crippen LogP contribution in [0.5, 0.6) is 0 Å². The van der Waals surface area contributed by atoms with E-state index in [-0.39, 0.29) is 17.7 Å². The molecule has 0 atom stereocenters. The molecule has 0 radical (unpaired) electrons. The first-order chi connectivity index (χ1) is 15.5. The van der Waals surface area contributed by atoms with Gasteiger partial charge in [0, 0.05) is 48.8 Å². The molecule has 1 aliphatic rings. The van der Waals surface area contributed by atoms with Crippen LogP contribution in [0.2, 0.25) is 0 Å². The number of benzene rings is 2. The van der Waals surface area contributed by atoms with Crippen molar-refractivity contribution in [3.63, 3.8) is 0 Å². The molecule has 8 heteroatoms. The predicted octanol–water partition coefficient (Wildman–Crippen LogP) is 4.80. The number of pyridine rings is 1. The van der Waals surface area contributed by atoms with Gasteiger partial charge in [-0.3, -0.25) is 4.79 Å². The molecular weight excluding hydrogens is 412 g/mol. The maximum Gasteiger partial charge on any atom is 0.252 e. The van der Waals surface area contributed by atoms with Gasteiger partial charge in [0.25, 0.3) is 5.91 Å². The van der Waals surface area contributed by atoms with E-state index >= 15 is 0 Å². The van der Waals surface area contributed by atoms with Crippen LogP contribution in [0.15, 0.2) is 54.7 Å². The number of carbonyl (C=O) groups is 1. The van der Waals surface area contributed by atoms with Gasteiger partial charge in [-0.05, 0) is 49.6 Å². The average Bonchev–Trinajstić information content (AvgIpc) is 2.81. The molecule has 0 bridgehead atoms. The zero-order chi connectivity index (χ0) is 22.5. The second kappa shape index (κ2) is 9.64.